The van der Waals surface area contributed by atoms with E-state index >= 15 is 0 Å². The molecule has 5 heteroatoms. The predicted octanol–water partition coefficient (Wildman–Crippen LogP) is 2.55. The zero-order chi connectivity index (χ0) is 13.7. The van der Waals surface area contributed by atoms with Gasteiger partial charge in [-0.05, 0) is 26.8 Å². The molecule has 2 heterocycles. The van der Waals surface area contributed by atoms with Gasteiger partial charge < -0.3 is 9.88 Å². The molecule has 0 unspecified atom stereocenters. The van der Waals surface area contributed by atoms with Gasteiger partial charge in [0.25, 0.3) is 0 Å². The highest BCUT2D eigenvalue weighted by atomic mass is 32.1. The molecule has 0 aromatic carbocycles. The lowest BCUT2D eigenvalue weighted by atomic mass is 10.3. The molecule has 0 aliphatic heterocycles. The monoisotopic (exact) mass is 278 g/mol. The maximum atomic E-state index is 4.56. The quantitative estimate of drug-likeness (QED) is 0.792. The second kappa shape index (κ2) is 6.82. The Hall–Kier alpha value is -1.20. The van der Waals surface area contributed by atoms with Gasteiger partial charge in [-0.1, -0.05) is 6.92 Å². The number of aryl methyl sites for hydroxylation is 2. The molecule has 0 saturated heterocycles. The molecule has 0 bridgehead atoms. The fraction of sp³-hybridized carbons (Fsp3) is 0.571. The summed E-state index contributed by atoms with van der Waals surface area (Å²) in [5, 5.41) is 4.55. The van der Waals surface area contributed by atoms with Crippen LogP contribution in [0.5, 0.6) is 0 Å². The fourth-order valence-corrected chi connectivity index (χ4v) is 2.85. The Morgan fingerprint density at radius 3 is 2.84 bits per heavy atom. The first kappa shape index (κ1) is 14.2. The number of hydrogen-bond donors (Lipinski definition) is 1. The zero-order valence-corrected chi connectivity index (χ0v) is 12.8. The summed E-state index contributed by atoms with van der Waals surface area (Å²) >= 11 is 1.77. The van der Waals surface area contributed by atoms with E-state index in [2.05, 4.69) is 46.8 Å². The molecule has 0 fully saturated rings. The largest absolute Gasteiger partial charge is 0.330 e. The summed E-state index contributed by atoms with van der Waals surface area (Å²) in [4.78, 5) is 10.3. The van der Waals surface area contributed by atoms with Gasteiger partial charge in [-0.25, -0.2) is 9.97 Å². The summed E-state index contributed by atoms with van der Waals surface area (Å²) in [5.41, 5.74) is 2.29. The maximum absolute atomic E-state index is 4.56. The third-order valence-corrected chi connectivity index (χ3v) is 4.12. The van der Waals surface area contributed by atoms with E-state index in [1.807, 2.05) is 6.33 Å². The van der Waals surface area contributed by atoms with Crippen molar-refractivity contribution in [1.29, 1.82) is 0 Å². The molecule has 2 rings (SSSR count). The number of rotatable bonds is 7. The molecule has 0 aliphatic rings. The Morgan fingerprint density at radius 1 is 1.32 bits per heavy atom. The van der Waals surface area contributed by atoms with Crippen LogP contribution in [0.3, 0.4) is 0 Å². The molecule has 0 spiro atoms. The smallest absolute Gasteiger partial charge is 0.113 e. The number of thiazole rings is 1. The van der Waals surface area contributed by atoms with Crippen LogP contribution in [0, 0.1) is 13.8 Å². The SMILES string of the molecule is CCCNCCc1cn(Cc2nc(C)c(C)s2)cn1. The Labute approximate surface area is 118 Å². The highest BCUT2D eigenvalue weighted by Gasteiger charge is 2.05. The van der Waals surface area contributed by atoms with E-state index in [9.17, 15) is 0 Å². The van der Waals surface area contributed by atoms with E-state index in [1.54, 1.807) is 11.3 Å². The van der Waals surface area contributed by atoms with Crippen molar-refractivity contribution in [3.05, 3.63) is 33.8 Å². The van der Waals surface area contributed by atoms with Crippen LogP contribution in [-0.4, -0.2) is 27.6 Å². The Kier molecular flexibility index (Phi) is 5.10. The Balaban J connectivity index is 1.86. The van der Waals surface area contributed by atoms with Crippen LogP contribution < -0.4 is 5.32 Å². The van der Waals surface area contributed by atoms with Crippen LogP contribution in [0.4, 0.5) is 0 Å². The van der Waals surface area contributed by atoms with Gasteiger partial charge in [0, 0.05) is 24.0 Å². The topological polar surface area (TPSA) is 42.7 Å². The summed E-state index contributed by atoms with van der Waals surface area (Å²) in [5.74, 6) is 0. The van der Waals surface area contributed by atoms with Gasteiger partial charge in [-0.3, -0.25) is 0 Å². The minimum Gasteiger partial charge on any atom is -0.330 e. The lowest BCUT2D eigenvalue weighted by Crippen LogP contribution is -2.17. The number of nitrogens with zero attached hydrogens (tertiary/aromatic N) is 3. The van der Waals surface area contributed by atoms with E-state index in [1.165, 1.54) is 11.3 Å². The van der Waals surface area contributed by atoms with E-state index in [0.29, 0.717) is 0 Å². The predicted molar refractivity (Wildman–Crippen MR) is 79.8 cm³/mol. The molecule has 2 aromatic rings. The van der Waals surface area contributed by atoms with Crippen molar-refractivity contribution < 1.29 is 0 Å². The van der Waals surface area contributed by atoms with Crippen molar-refractivity contribution in [2.45, 2.75) is 40.2 Å². The third kappa shape index (κ3) is 4.14. The van der Waals surface area contributed by atoms with Gasteiger partial charge in [0.1, 0.15) is 5.01 Å². The third-order valence-electron chi connectivity index (χ3n) is 3.06. The van der Waals surface area contributed by atoms with Gasteiger partial charge in [-0.2, -0.15) is 0 Å². The van der Waals surface area contributed by atoms with E-state index in [-0.39, 0.29) is 0 Å². The van der Waals surface area contributed by atoms with Crippen molar-refractivity contribution in [2.24, 2.45) is 0 Å². The molecule has 104 valence electrons. The Morgan fingerprint density at radius 2 is 2.16 bits per heavy atom. The molecule has 19 heavy (non-hydrogen) atoms. The molecule has 0 atom stereocenters. The lowest BCUT2D eigenvalue weighted by molar-refractivity contribution is 0.666. The molecule has 0 saturated carbocycles. The average Bonchev–Trinajstić information content (AvgIpc) is 2.94. The van der Waals surface area contributed by atoms with Gasteiger partial charge >= 0.3 is 0 Å². The molecule has 4 nitrogen and oxygen atoms in total. The zero-order valence-electron chi connectivity index (χ0n) is 11.9. The van der Waals surface area contributed by atoms with E-state index < -0.39 is 0 Å². The maximum Gasteiger partial charge on any atom is 0.113 e. The van der Waals surface area contributed by atoms with Crippen molar-refractivity contribution in [2.75, 3.05) is 13.1 Å². The minimum absolute atomic E-state index is 0.828. The second-order valence-corrected chi connectivity index (χ2v) is 6.07. The summed E-state index contributed by atoms with van der Waals surface area (Å²) in [6.45, 7) is 9.27. The molecule has 0 aliphatic carbocycles. The number of nitrogens with one attached hydrogen (secondary N) is 1. The molecular weight excluding hydrogens is 256 g/mol. The van der Waals surface area contributed by atoms with Crippen molar-refractivity contribution >= 4 is 11.3 Å². The Bertz CT molecular complexity index is 496. The van der Waals surface area contributed by atoms with E-state index in [0.717, 1.165) is 42.5 Å². The van der Waals surface area contributed by atoms with Crippen LogP contribution >= 0.6 is 11.3 Å². The van der Waals surface area contributed by atoms with Crippen LogP contribution in [0.25, 0.3) is 0 Å². The van der Waals surface area contributed by atoms with Crippen LogP contribution in [0.2, 0.25) is 0 Å². The molecule has 2 aromatic heterocycles. The van der Waals surface area contributed by atoms with Gasteiger partial charge in [0.2, 0.25) is 0 Å². The number of aromatic nitrogens is 3. The molecule has 1 N–H and O–H groups in total. The average molecular weight is 278 g/mol. The molecule has 0 radical (unpaired) electrons. The van der Waals surface area contributed by atoms with Crippen LogP contribution in [0.1, 0.15) is 34.6 Å². The molecule has 0 amide bonds. The lowest BCUT2D eigenvalue weighted by Gasteiger charge is -2.00. The van der Waals surface area contributed by atoms with Crippen LogP contribution in [-0.2, 0) is 13.0 Å². The number of imidazole rings is 1. The van der Waals surface area contributed by atoms with Crippen LogP contribution in [0.15, 0.2) is 12.5 Å². The minimum atomic E-state index is 0.828. The first-order chi connectivity index (χ1) is 9.19. The van der Waals surface area contributed by atoms with Gasteiger partial charge in [0.15, 0.2) is 0 Å². The molecular formula is C14H22N4S. The summed E-state index contributed by atoms with van der Waals surface area (Å²) in [6, 6.07) is 0. The van der Waals surface area contributed by atoms with Crippen molar-refractivity contribution in [3.63, 3.8) is 0 Å². The van der Waals surface area contributed by atoms with Crippen molar-refractivity contribution in [1.82, 2.24) is 19.9 Å². The van der Waals surface area contributed by atoms with Crippen molar-refractivity contribution in [3.8, 4) is 0 Å². The summed E-state index contributed by atoms with van der Waals surface area (Å²) in [7, 11) is 0. The highest BCUT2D eigenvalue weighted by Crippen LogP contribution is 2.17. The summed E-state index contributed by atoms with van der Waals surface area (Å²) < 4.78 is 2.12. The van der Waals surface area contributed by atoms with E-state index in [4.69, 9.17) is 0 Å². The van der Waals surface area contributed by atoms with Gasteiger partial charge in [0.05, 0.1) is 24.3 Å². The first-order valence-corrected chi connectivity index (χ1v) is 7.65. The number of hydrogen-bond acceptors (Lipinski definition) is 4. The first-order valence-electron chi connectivity index (χ1n) is 6.83. The fourth-order valence-electron chi connectivity index (χ4n) is 1.90. The normalized spacial score (nSPS) is 11.1. The second-order valence-electron chi connectivity index (χ2n) is 4.79. The summed E-state index contributed by atoms with van der Waals surface area (Å²) in [6.07, 6.45) is 6.20. The standard InChI is InChI=1S/C14H22N4S/c1-4-6-15-7-5-13-8-18(10-16-13)9-14-17-11(2)12(3)19-14/h8,10,15H,4-7,9H2,1-3H3. The highest BCUT2D eigenvalue weighted by molar-refractivity contribution is 7.11. The van der Waals surface area contributed by atoms with Gasteiger partial charge in [-0.15, -0.1) is 11.3 Å².